The second-order valence-electron chi connectivity index (χ2n) is 9.90. The van der Waals surface area contributed by atoms with Gasteiger partial charge < -0.3 is 5.11 Å². The zero-order valence-corrected chi connectivity index (χ0v) is 18.4. The number of nitrogens with zero attached hydrogens (tertiary/aromatic N) is 2. The third-order valence-electron chi connectivity index (χ3n) is 8.56. The van der Waals surface area contributed by atoms with Crippen molar-refractivity contribution in [2.24, 2.45) is 11.3 Å². The van der Waals surface area contributed by atoms with Gasteiger partial charge in [0.05, 0.1) is 17.0 Å². The molecule has 4 heteroatoms. The molecule has 2 fully saturated rings. The SMILES string of the molecule is N#Cc1cccc(C23CCC(c4ccccc42)C2(C(=O)O)CN(Cc4ccccc4)CC32)c1. The maximum atomic E-state index is 13.2. The number of nitriles is 1. The summed E-state index contributed by atoms with van der Waals surface area (Å²) in [5.74, 6) is -0.713. The number of carbonyl (C=O) groups is 1. The lowest BCUT2D eigenvalue weighted by Crippen LogP contribution is -2.60. The molecule has 1 saturated heterocycles. The second kappa shape index (κ2) is 7.30. The van der Waals surface area contributed by atoms with Crippen LogP contribution in [0, 0.1) is 22.7 Å². The van der Waals surface area contributed by atoms with E-state index in [9.17, 15) is 15.2 Å². The molecule has 0 aromatic heterocycles. The van der Waals surface area contributed by atoms with Crippen LogP contribution >= 0.6 is 0 Å². The topological polar surface area (TPSA) is 64.3 Å². The molecule has 3 aromatic rings. The van der Waals surface area contributed by atoms with Crippen LogP contribution in [0.15, 0.2) is 78.9 Å². The van der Waals surface area contributed by atoms with Gasteiger partial charge in [-0.15, -0.1) is 0 Å². The number of aliphatic carboxylic acids is 1. The number of hydrogen-bond donors (Lipinski definition) is 1. The van der Waals surface area contributed by atoms with E-state index in [4.69, 9.17) is 0 Å². The first-order chi connectivity index (χ1) is 16.1. The molecule has 1 saturated carbocycles. The Kier molecular flexibility index (Phi) is 4.47. The van der Waals surface area contributed by atoms with Crippen molar-refractivity contribution in [3.63, 3.8) is 0 Å². The third-order valence-corrected chi connectivity index (χ3v) is 8.56. The van der Waals surface area contributed by atoms with Crippen molar-refractivity contribution in [1.29, 1.82) is 5.26 Å². The van der Waals surface area contributed by atoms with Crippen LogP contribution in [0.1, 0.15) is 46.6 Å². The molecular weight excluding hydrogens is 408 g/mol. The zero-order chi connectivity index (χ0) is 22.6. The van der Waals surface area contributed by atoms with Crippen LogP contribution < -0.4 is 0 Å². The van der Waals surface area contributed by atoms with Gasteiger partial charge in [0.15, 0.2) is 0 Å². The van der Waals surface area contributed by atoms with Gasteiger partial charge in [-0.2, -0.15) is 5.26 Å². The molecule has 3 aliphatic carbocycles. The molecule has 0 spiro atoms. The lowest BCUT2D eigenvalue weighted by atomic mass is 9.42. The Morgan fingerprint density at radius 3 is 2.64 bits per heavy atom. The Bertz CT molecular complexity index is 1280. The van der Waals surface area contributed by atoms with Gasteiger partial charge in [-0.1, -0.05) is 66.7 Å². The van der Waals surface area contributed by atoms with E-state index in [-0.39, 0.29) is 11.8 Å². The van der Waals surface area contributed by atoms with Gasteiger partial charge in [0, 0.05) is 36.9 Å². The Labute approximate surface area is 194 Å². The molecule has 4 unspecified atom stereocenters. The minimum atomic E-state index is -0.829. The minimum Gasteiger partial charge on any atom is -0.481 e. The molecule has 33 heavy (non-hydrogen) atoms. The van der Waals surface area contributed by atoms with Crippen LogP contribution in [0.4, 0.5) is 0 Å². The van der Waals surface area contributed by atoms with Crippen molar-refractivity contribution in [1.82, 2.24) is 4.90 Å². The summed E-state index contributed by atoms with van der Waals surface area (Å²) in [4.78, 5) is 15.5. The Balaban J connectivity index is 1.55. The lowest BCUT2D eigenvalue weighted by molar-refractivity contribution is -0.157. The maximum Gasteiger partial charge on any atom is 0.311 e. The molecule has 2 bridgehead atoms. The predicted molar refractivity (Wildman–Crippen MR) is 126 cm³/mol. The average molecular weight is 435 g/mol. The van der Waals surface area contributed by atoms with Gasteiger partial charge in [0.25, 0.3) is 0 Å². The molecule has 164 valence electrons. The van der Waals surface area contributed by atoms with Crippen molar-refractivity contribution >= 4 is 5.97 Å². The van der Waals surface area contributed by atoms with Crippen LogP contribution in [0.2, 0.25) is 0 Å². The van der Waals surface area contributed by atoms with Crippen LogP contribution in [-0.2, 0) is 16.8 Å². The van der Waals surface area contributed by atoms with Gasteiger partial charge in [-0.25, -0.2) is 0 Å². The summed E-state index contributed by atoms with van der Waals surface area (Å²) >= 11 is 0. The largest absolute Gasteiger partial charge is 0.481 e. The summed E-state index contributed by atoms with van der Waals surface area (Å²) in [7, 11) is 0. The molecular formula is C29H26N2O2. The number of rotatable bonds is 4. The summed E-state index contributed by atoms with van der Waals surface area (Å²) in [5.41, 5.74) is 4.15. The molecule has 1 N–H and O–H groups in total. The highest BCUT2D eigenvalue weighted by Crippen LogP contribution is 2.69. The Morgan fingerprint density at radius 2 is 1.85 bits per heavy atom. The number of fused-ring (bicyclic) bond motifs is 1. The molecule has 1 aliphatic heterocycles. The van der Waals surface area contributed by atoms with Crippen molar-refractivity contribution in [2.75, 3.05) is 13.1 Å². The van der Waals surface area contributed by atoms with E-state index in [0.717, 1.165) is 31.5 Å². The molecule has 0 radical (unpaired) electrons. The van der Waals surface area contributed by atoms with Crippen LogP contribution in [0.25, 0.3) is 0 Å². The highest BCUT2D eigenvalue weighted by Gasteiger charge is 2.70. The standard InChI is InChI=1S/C29H26N2O2/c30-16-21-9-6-10-22(15-21)28-14-13-25(23-11-4-5-12-24(23)28)29(27(32)33)19-31(18-26(28)29)17-20-7-2-1-3-8-20/h1-12,15,25-26H,13-14,17-19H2,(H,32,33). The van der Waals surface area contributed by atoms with Crippen LogP contribution in [0.5, 0.6) is 0 Å². The van der Waals surface area contributed by atoms with Gasteiger partial charge in [0.1, 0.15) is 0 Å². The molecule has 3 aromatic carbocycles. The first kappa shape index (κ1) is 20.2. The van der Waals surface area contributed by atoms with Crippen molar-refractivity contribution < 1.29 is 9.90 Å². The normalized spacial score (nSPS) is 29.8. The van der Waals surface area contributed by atoms with E-state index < -0.39 is 16.8 Å². The maximum absolute atomic E-state index is 13.2. The second-order valence-corrected chi connectivity index (χ2v) is 9.90. The van der Waals surface area contributed by atoms with Crippen LogP contribution in [-0.4, -0.2) is 29.1 Å². The molecule has 4 atom stereocenters. The van der Waals surface area contributed by atoms with Crippen LogP contribution in [0.3, 0.4) is 0 Å². The number of carboxylic acid groups (broad SMARTS) is 1. The lowest BCUT2D eigenvalue weighted by Gasteiger charge is -2.59. The van der Waals surface area contributed by atoms with E-state index in [1.54, 1.807) is 0 Å². The van der Waals surface area contributed by atoms with E-state index in [2.05, 4.69) is 47.4 Å². The Hall–Kier alpha value is -3.42. The molecule has 7 rings (SSSR count). The summed E-state index contributed by atoms with van der Waals surface area (Å²) < 4.78 is 0. The molecule has 4 nitrogen and oxygen atoms in total. The highest BCUT2D eigenvalue weighted by molar-refractivity contribution is 5.80. The predicted octanol–water partition coefficient (Wildman–Crippen LogP) is 4.94. The Morgan fingerprint density at radius 1 is 1.06 bits per heavy atom. The monoisotopic (exact) mass is 434 g/mol. The first-order valence-corrected chi connectivity index (χ1v) is 11.7. The smallest absolute Gasteiger partial charge is 0.311 e. The number of benzene rings is 3. The quantitative estimate of drug-likeness (QED) is 0.632. The number of likely N-dealkylation sites (tertiary alicyclic amines) is 1. The van der Waals surface area contributed by atoms with Gasteiger partial charge in [-0.3, -0.25) is 9.69 Å². The zero-order valence-electron chi connectivity index (χ0n) is 18.4. The van der Waals surface area contributed by atoms with Gasteiger partial charge in [-0.05, 0) is 47.2 Å². The van der Waals surface area contributed by atoms with E-state index in [1.807, 2.05) is 42.5 Å². The molecule has 1 heterocycles. The average Bonchev–Trinajstić information content (AvgIpc) is 3.27. The fourth-order valence-electron chi connectivity index (χ4n) is 7.38. The van der Waals surface area contributed by atoms with Gasteiger partial charge >= 0.3 is 5.97 Å². The first-order valence-electron chi connectivity index (χ1n) is 11.7. The van der Waals surface area contributed by atoms with E-state index in [0.29, 0.717) is 12.1 Å². The molecule has 0 amide bonds. The number of hydrogen-bond acceptors (Lipinski definition) is 3. The summed E-state index contributed by atoms with van der Waals surface area (Å²) in [6.45, 7) is 2.05. The fraction of sp³-hybridized carbons (Fsp3) is 0.310. The van der Waals surface area contributed by atoms with E-state index >= 15 is 0 Å². The van der Waals surface area contributed by atoms with Gasteiger partial charge in [0.2, 0.25) is 0 Å². The van der Waals surface area contributed by atoms with Crippen molar-refractivity contribution in [2.45, 2.75) is 30.7 Å². The number of carboxylic acids is 1. The summed E-state index contributed by atoms with van der Waals surface area (Å²) in [6, 6.07) is 29.0. The molecule has 4 aliphatic rings. The minimum absolute atomic E-state index is 0.0120. The summed E-state index contributed by atoms with van der Waals surface area (Å²) in [6.07, 6.45) is 1.78. The van der Waals surface area contributed by atoms with E-state index in [1.165, 1.54) is 16.7 Å². The van der Waals surface area contributed by atoms with Crippen molar-refractivity contribution in [3.8, 4) is 6.07 Å². The highest BCUT2D eigenvalue weighted by atomic mass is 16.4. The summed E-state index contributed by atoms with van der Waals surface area (Å²) in [5, 5.41) is 20.4. The fourth-order valence-corrected chi connectivity index (χ4v) is 7.38. The third kappa shape index (κ3) is 2.69. The van der Waals surface area contributed by atoms with Crippen molar-refractivity contribution in [3.05, 3.63) is 107 Å².